The van der Waals surface area contributed by atoms with Crippen LogP contribution in [0.15, 0.2) is 0 Å². The molecule has 0 aromatic rings. The number of ether oxygens (including phenoxy) is 4. The highest BCUT2D eigenvalue weighted by atomic mass is 16.7. The smallest absolute Gasteiger partial charge is 0.303 e. The van der Waals surface area contributed by atoms with E-state index in [1.807, 2.05) is 0 Å². The lowest BCUT2D eigenvalue weighted by molar-refractivity contribution is -0.254. The first-order valence-corrected chi connectivity index (χ1v) is 18.2. The van der Waals surface area contributed by atoms with Crippen LogP contribution < -0.4 is 17.2 Å². The molecule has 9 N–H and O–H groups in total. The van der Waals surface area contributed by atoms with Crippen molar-refractivity contribution < 1.29 is 39.1 Å². The van der Waals surface area contributed by atoms with Crippen LogP contribution in [0.2, 0.25) is 0 Å². The number of carbonyl (C=O) groups excluding carboxylic acids is 1. The molecule has 2 spiro atoms. The largest absolute Gasteiger partial charge is 0.457 e. The quantitative estimate of drug-likeness (QED) is 0.148. The molecule has 11 nitrogen and oxygen atoms in total. The summed E-state index contributed by atoms with van der Waals surface area (Å²) in [5, 5.41) is 34.0. The second kappa shape index (κ2) is 11.8. The van der Waals surface area contributed by atoms with Gasteiger partial charge in [-0.25, -0.2) is 0 Å². The van der Waals surface area contributed by atoms with Crippen molar-refractivity contribution in [3.63, 3.8) is 0 Å². The van der Waals surface area contributed by atoms with Crippen molar-refractivity contribution in [1.29, 1.82) is 0 Å². The number of nitrogens with two attached hydrogens (primary N) is 3. The van der Waals surface area contributed by atoms with Crippen LogP contribution in [-0.4, -0.2) is 95.0 Å². The highest BCUT2D eigenvalue weighted by Crippen LogP contribution is 2.87. The van der Waals surface area contributed by atoms with Crippen LogP contribution in [0.1, 0.15) is 99.8 Å². The van der Waals surface area contributed by atoms with E-state index >= 15 is 0 Å². The van der Waals surface area contributed by atoms with Gasteiger partial charge < -0.3 is 51.5 Å². The van der Waals surface area contributed by atoms with Crippen LogP contribution in [0, 0.1) is 45.3 Å². The fourth-order valence-electron chi connectivity index (χ4n) is 12.9. The summed E-state index contributed by atoms with van der Waals surface area (Å²) >= 11 is 0. The summed E-state index contributed by atoms with van der Waals surface area (Å²) in [4.78, 5) is 12.0. The molecule has 6 aliphatic rings. The predicted octanol–water partition coefficient (Wildman–Crippen LogP) is 2.20. The van der Waals surface area contributed by atoms with Crippen LogP contribution in [0.3, 0.4) is 0 Å². The van der Waals surface area contributed by atoms with Crippen molar-refractivity contribution >= 4 is 5.97 Å². The van der Waals surface area contributed by atoms with Gasteiger partial charge in [-0.15, -0.1) is 0 Å². The van der Waals surface area contributed by atoms with Gasteiger partial charge in [0.15, 0.2) is 12.4 Å². The maximum Gasteiger partial charge on any atom is 0.303 e. The second-order valence-corrected chi connectivity index (χ2v) is 17.8. The van der Waals surface area contributed by atoms with E-state index in [9.17, 15) is 20.1 Å². The highest BCUT2D eigenvalue weighted by molar-refractivity contribution is 5.66. The van der Waals surface area contributed by atoms with E-state index in [-0.39, 0.29) is 52.1 Å². The second-order valence-electron chi connectivity index (χ2n) is 17.8. The monoisotopic (exact) mass is 665 g/mol. The Morgan fingerprint density at radius 3 is 2.34 bits per heavy atom. The Balaban J connectivity index is 1.26. The number of fused-ring (bicyclic) bond motifs is 4. The molecule has 0 amide bonds. The fourth-order valence-corrected chi connectivity index (χ4v) is 12.9. The van der Waals surface area contributed by atoms with Gasteiger partial charge in [0.2, 0.25) is 0 Å². The van der Waals surface area contributed by atoms with E-state index in [2.05, 4.69) is 27.7 Å². The Hall–Kier alpha value is -0.890. The standard InChI is InChI=1S/C36H63N3O8/c1-19-16-22(29(32(5,6)43)45-20(2)40)46-27-26(19)33(7)12-13-35-18-34(35)11-10-25(47-30(21(41)17-38)44-15-14-37)31(3,4)23(34)8-9-24(35)36(33,39)28(27)42/h19,21-30,41-43H,8-18,37-39H2,1-7H3. The minimum Gasteiger partial charge on any atom is -0.457 e. The Bertz CT molecular complexity index is 1200. The van der Waals surface area contributed by atoms with Gasteiger partial charge in [0.05, 0.1) is 42.2 Å². The molecule has 270 valence electrons. The van der Waals surface area contributed by atoms with Crippen molar-refractivity contribution in [1.82, 2.24) is 0 Å². The Labute approximate surface area is 280 Å². The number of aliphatic hydroxyl groups is 3. The Morgan fingerprint density at radius 1 is 1.06 bits per heavy atom. The normalized spacial score (nSPS) is 48.5. The van der Waals surface area contributed by atoms with E-state index in [0.717, 1.165) is 44.9 Å². The highest BCUT2D eigenvalue weighted by Gasteiger charge is 2.85. The zero-order valence-electron chi connectivity index (χ0n) is 29.7. The summed E-state index contributed by atoms with van der Waals surface area (Å²) in [7, 11) is 0. The van der Waals surface area contributed by atoms with Gasteiger partial charge in [0.1, 0.15) is 6.10 Å². The number of aliphatic hydroxyl groups excluding tert-OH is 2. The Morgan fingerprint density at radius 2 is 1.72 bits per heavy atom. The average Bonchev–Trinajstić information content (AvgIpc) is 3.62. The average molecular weight is 666 g/mol. The molecular weight excluding hydrogens is 602 g/mol. The van der Waals surface area contributed by atoms with Gasteiger partial charge in [-0.2, -0.15) is 0 Å². The lowest BCUT2D eigenvalue weighted by Crippen LogP contribution is -2.70. The van der Waals surface area contributed by atoms with Gasteiger partial charge in [-0.1, -0.05) is 27.7 Å². The van der Waals surface area contributed by atoms with E-state index in [1.54, 1.807) is 13.8 Å². The van der Waals surface area contributed by atoms with Crippen molar-refractivity contribution in [3.8, 4) is 0 Å². The van der Waals surface area contributed by atoms with Gasteiger partial charge in [-0.3, -0.25) is 4.79 Å². The lowest BCUT2D eigenvalue weighted by Gasteiger charge is -2.63. The molecule has 15 unspecified atom stereocenters. The van der Waals surface area contributed by atoms with Gasteiger partial charge in [-0.05, 0) is 111 Å². The van der Waals surface area contributed by atoms with Crippen LogP contribution in [-0.2, 0) is 23.7 Å². The molecule has 11 heteroatoms. The summed E-state index contributed by atoms with van der Waals surface area (Å²) in [6.45, 7) is 14.4. The zero-order valence-corrected chi connectivity index (χ0v) is 29.7. The first-order chi connectivity index (χ1) is 21.9. The fraction of sp³-hybridized carbons (Fsp3) is 0.972. The molecule has 5 saturated carbocycles. The molecule has 0 aromatic carbocycles. The van der Waals surface area contributed by atoms with Crippen molar-refractivity contribution in [3.05, 3.63) is 0 Å². The summed E-state index contributed by atoms with van der Waals surface area (Å²) in [5.41, 5.74) is 16.8. The van der Waals surface area contributed by atoms with Crippen LogP contribution in [0.5, 0.6) is 0 Å². The molecule has 1 heterocycles. The SMILES string of the molecule is CC(=O)OC(C1CC(C)C2C(O1)C(O)C1(N)C3CCC4C(C)(C)C(OC(OCCN)C(O)CN)CCC45CC35CCC21C)C(C)(C)O. The summed E-state index contributed by atoms with van der Waals surface area (Å²) in [6.07, 6.45) is 2.98. The third-order valence-corrected chi connectivity index (χ3v) is 14.8. The minimum absolute atomic E-state index is 0.0491. The van der Waals surface area contributed by atoms with Crippen LogP contribution in [0.25, 0.3) is 0 Å². The molecule has 1 aliphatic heterocycles. The molecule has 0 aromatic heterocycles. The first kappa shape index (κ1) is 35.9. The van der Waals surface area contributed by atoms with E-state index in [0.29, 0.717) is 25.5 Å². The maximum absolute atomic E-state index is 12.4. The van der Waals surface area contributed by atoms with Crippen molar-refractivity contribution in [2.75, 3.05) is 19.7 Å². The van der Waals surface area contributed by atoms with Crippen LogP contribution >= 0.6 is 0 Å². The summed E-state index contributed by atoms with van der Waals surface area (Å²) in [5.74, 6) is 0.329. The number of rotatable bonds is 10. The van der Waals surface area contributed by atoms with Crippen molar-refractivity contribution in [2.45, 2.75) is 154 Å². The van der Waals surface area contributed by atoms with Gasteiger partial charge in [0.25, 0.3) is 0 Å². The summed E-state index contributed by atoms with van der Waals surface area (Å²) < 4.78 is 24.8. The van der Waals surface area contributed by atoms with Crippen LogP contribution in [0.4, 0.5) is 0 Å². The van der Waals surface area contributed by atoms with E-state index in [4.69, 9.17) is 36.1 Å². The maximum atomic E-state index is 12.4. The zero-order chi connectivity index (χ0) is 34.5. The van der Waals surface area contributed by atoms with Gasteiger partial charge >= 0.3 is 5.97 Å². The Kier molecular flexibility index (Phi) is 9.05. The minimum atomic E-state index is -1.30. The molecule has 5 aliphatic carbocycles. The number of hydrogen-bond donors (Lipinski definition) is 6. The molecule has 0 radical (unpaired) electrons. The lowest BCUT2D eigenvalue weighted by atomic mass is 9.43. The molecule has 0 bridgehead atoms. The number of esters is 1. The summed E-state index contributed by atoms with van der Waals surface area (Å²) in [6, 6.07) is 0. The molecule has 15 atom stereocenters. The molecule has 6 fully saturated rings. The van der Waals surface area contributed by atoms with E-state index in [1.165, 1.54) is 6.92 Å². The molecule has 1 saturated heterocycles. The first-order valence-electron chi connectivity index (χ1n) is 18.2. The van der Waals surface area contributed by atoms with E-state index < -0.39 is 53.9 Å². The third-order valence-electron chi connectivity index (χ3n) is 14.8. The number of carbonyl (C=O) groups is 1. The molecule has 6 rings (SSSR count). The predicted molar refractivity (Wildman–Crippen MR) is 175 cm³/mol. The third kappa shape index (κ3) is 5.03. The topological polar surface area (TPSA) is 193 Å². The van der Waals surface area contributed by atoms with Crippen molar-refractivity contribution in [2.24, 2.45) is 62.5 Å². The number of hydrogen-bond acceptors (Lipinski definition) is 11. The molecular formula is C36H63N3O8. The van der Waals surface area contributed by atoms with Gasteiger partial charge in [0, 0.05) is 20.0 Å². The molecule has 47 heavy (non-hydrogen) atoms.